The van der Waals surface area contributed by atoms with Gasteiger partial charge in [0.2, 0.25) is 0 Å². The monoisotopic (exact) mass is 474 g/mol. The van der Waals surface area contributed by atoms with Gasteiger partial charge in [-0.1, -0.05) is 80.9 Å². The first-order valence-corrected chi connectivity index (χ1v) is 12.4. The van der Waals surface area contributed by atoms with E-state index in [1.807, 2.05) is 54.6 Å². The molecular weight excluding hydrogens is 439 g/mol. The van der Waals surface area contributed by atoms with Gasteiger partial charge in [-0.15, -0.1) is 0 Å². The summed E-state index contributed by atoms with van der Waals surface area (Å²) in [5.41, 5.74) is 6.80. The van der Waals surface area contributed by atoms with Gasteiger partial charge in [0.1, 0.15) is 5.82 Å². The minimum atomic E-state index is -0.416. The Bertz CT molecular complexity index is 1150. The average molecular weight is 475 g/mol. The third-order valence-corrected chi connectivity index (χ3v) is 6.14. The molecule has 0 unspecified atom stereocenters. The molecule has 0 radical (unpaired) electrons. The third kappa shape index (κ3) is 7.37. The fourth-order valence-electron chi connectivity index (χ4n) is 4.13. The van der Waals surface area contributed by atoms with Crippen LogP contribution in [0.3, 0.4) is 0 Å². The second-order valence-corrected chi connectivity index (χ2v) is 8.98. The Balaban J connectivity index is 1.91. The van der Waals surface area contributed by atoms with E-state index < -0.39 is 5.97 Å². The van der Waals surface area contributed by atoms with E-state index >= 15 is 4.39 Å². The number of aliphatic hydroxyl groups is 1. The lowest BCUT2D eigenvalue weighted by Crippen LogP contribution is -2.08. The molecule has 3 nitrogen and oxygen atoms in total. The predicted octanol–water partition coefficient (Wildman–Crippen LogP) is 7.09. The number of hydrogen-bond donors (Lipinski definition) is 1. The first-order chi connectivity index (χ1) is 16.9. The van der Waals surface area contributed by atoms with E-state index in [0.29, 0.717) is 24.0 Å². The fraction of sp³-hybridized carbons (Fsp3) is 0.323. The Morgan fingerprint density at radius 2 is 1.57 bits per heavy atom. The van der Waals surface area contributed by atoms with Crippen LogP contribution in [0.25, 0.3) is 22.3 Å². The summed E-state index contributed by atoms with van der Waals surface area (Å²) >= 11 is 0. The first kappa shape index (κ1) is 26.4. The molecule has 0 spiro atoms. The van der Waals surface area contributed by atoms with Gasteiger partial charge in [-0.2, -0.15) is 0 Å². The van der Waals surface area contributed by atoms with Crippen LogP contribution < -0.4 is 0 Å². The molecule has 3 rings (SSSR count). The number of ether oxygens (including phenoxy) is 1. The maximum Gasteiger partial charge on any atom is 0.333 e. The van der Waals surface area contributed by atoms with Crippen LogP contribution in [-0.2, 0) is 28.8 Å². The van der Waals surface area contributed by atoms with Crippen molar-refractivity contribution in [1.82, 2.24) is 0 Å². The molecule has 184 valence electrons. The Morgan fingerprint density at radius 1 is 0.886 bits per heavy atom. The number of carbonyl (C=O) groups excluding carboxylic acids is 1. The highest BCUT2D eigenvalue weighted by Crippen LogP contribution is 2.31. The Hall–Kier alpha value is -3.24. The molecule has 0 aliphatic carbocycles. The van der Waals surface area contributed by atoms with Gasteiger partial charge in [0.05, 0.1) is 6.61 Å². The number of rotatable bonds is 12. The zero-order chi connectivity index (χ0) is 25.2. The maximum atomic E-state index is 15.1. The number of halogens is 1. The quantitative estimate of drug-likeness (QED) is 0.173. The summed E-state index contributed by atoms with van der Waals surface area (Å²) in [5, 5.41) is 9.18. The number of carbonyl (C=O) groups is 1. The molecule has 35 heavy (non-hydrogen) atoms. The molecule has 4 heteroatoms. The Morgan fingerprint density at radius 3 is 2.23 bits per heavy atom. The lowest BCUT2D eigenvalue weighted by molar-refractivity contribution is -0.138. The van der Waals surface area contributed by atoms with Crippen LogP contribution in [0, 0.1) is 5.82 Å². The largest absolute Gasteiger partial charge is 0.462 e. The van der Waals surface area contributed by atoms with Gasteiger partial charge >= 0.3 is 5.97 Å². The van der Waals surface area contributed by atoms with Crippen LogP contribution in [0.2, 0.25) is 0 Å². The van der Waals surface area contributed by atoms with Crippen molar-refractivity contribution in [3.05, 3.63) is 95.3 Å². The summed E-state index contributed by atoms with van der Waals surface area (Å²) in [5.74, 6) is -0.638. The van der Waals surface area contributed by atoms with Crippen molar-refractivity contribution in [1.29, 1.82) is 0 Å². The third-order valence-electron chi connectivity index (χ3n) is 6.14. The Labute approximate surface area is 208 Å². The molecule has 0 bridgehead atoms. The molecule has 1 N–H and O–H groups in total. The van der Waals surface area contributed by atoms with Gasteiger partial charge in [0, 0.05) is 24.2 Å². The Kier molecular flexibility index (Phi) is 9.80. The summed E-state index contributed by atoms with van der Waals surface area (Å²) < 4.78 is 20.4. The molecule has 3 aromatic rings. The highest BCUT2D eigenvalue weighted by Gasteiger charge is 2.13. The maximum absolute atomic E-state index is 15.1. The second kappa shape index (κ2) is 13.0. The standard InChI is InChI=1S/C31H35FO3/c1-4-5-6-7-24-10-14-29(30(32)20-24)26-13-15-28(25-11-8-23(9-12-25)16-18-33)27(21-26)17-19-35-31(34)22(2)3/h8-15,20-21,33H,2,4-7,16-19H2,1,3H3. The molecular formula is C31H35FO3. The van der Waals surface area contributed by atoms with E-state index in [-0.39, 0.29) is 19.0 Å². The van der Waals surface area contributed by atoms with Crippen molar-refractivity contribution in [3.8, 4) is 22.3 Å². The lowest BCUT2D eigenvalue weighted by Gasteiger charge is -2.14. The van der Waals surface area contributed by atoms with Gasteiger partial charge in [0.15, 0.2) is 0 Å². The van der Waals surface area contributed by atoms with Crippen LogP contribution in [0.4, 0.5) is 4.39 Å². The number of esters is 1. The molecule has 0 saturated heterocycles. The van der Waals surface area contributed by atoms with Crippen molar-refractivity contribution in [2.75, 3.05) is 13.2 Å². The second-order valence-electron chi connectivity index (χ2n) is 8.98. The van der Waals surface area contributed by atoms with Crippen LogP contribution in [0.15, 0.2) is 72.8 Å². The number of aliphatic hydroxyl groups excluding tert-OH is 1. The molecule has 0 aliphatic heterocycles. The number of hydrogen-bond acceptors (Lipinski definition) is 3. The predicted molar refractivity (Wildman–Crippen MR) is 141 cm³/mol. The molecule has 3 aromatic carbocycles. The van der Waals surface area contributed by atoms with Gasteiger partial charge < -0.3 is 9.84 Å². The summed E-state index contributed by atoms with van der Waals surface area (Å²) in [6.07, 6.45) is 5.34. The summed E-state index contributed by atoms with van der Waals surface area (Å²) in [6.45, 7) is 7.73. The minimum Gasteiger partial charge on any atom is -0.462 e. The number of benzene rings is 3. The topological polar surface area (TPSA) is 46.5 Å². The van der Waals surface area contributed by atoms with E-state index in [1.54, 1.807) is 13.0 Å². The van der Waals surface area contributed by atoms with Crippen LogP contribution >= 0.6 is 0 Å². The fourth-order valence-corrected chi connectivity index (χ4v) is 4.13. The van der Waals surface area contributed by atoms with Crippen LogP contribution in [-0.4, -0.2) is 24.3 Å². The van der Waals surface area contributed by atoms with Gasteiger partial charge in [-0.25, -0.2) is 9.18 Å². The molecule has 0 heterocycles. The van der Waals surface area contributed by atoms with Crippen molar-refractivity contribution in [2.24, 2.45) is 0 Å². The van der Waals surface area contributed by atoms with Crippen molar-refractivity contribution in [3.63, 3.8) is 0 Å². The summed E-state index contributed by atoms with van der Waals surface area (Å²) in [6, 6.07) is 19.5. The summed E-state index contributed by atoms with van der Waals surface area (Å²) in [4.78, 5) is 11.9. The SMILES string of the molecule is C=C(C)C(=O)OCCc1cc(-c2ccc(CCCCC)cc2F)ccc1-c1ccc(CCO)cc1. The molecule has 0 fully saturated rings. The van der Waals surface area contributed by atoms with E-state index in [2.05, 4.69) is 13.5 Å². The lowest BCUT2D eigenvalue weighted by atomic mass is 9.92. The first-order valence-electron chi connectivity index (χ1n) is 12.4. The normalized spacial score (nSPS) is 10.9. The molecule has 0 atom stereocenters. The molecule has 0 saturated carbocycles. The van der Waals surface area contributed by atoms with Crippen LogP contribution in [0.5, 0.6) is 0 Å². The zero-order valence-electron chi connectivity index (χ0n) is 20.8. The molecule has 0 aliphatic rings. The van der Waals surface area contributed by atoms with Crippen molar-refractivity contribution < 1.29 is 19.0 Å². The van der Waals surface area contributed by atoms with Crippen molar-refractivity contribution in [2.45, 2.75) is 52.4 Å². The van der Waals surface area contributed by atoms with Gasteiger partial charge in [-0.3, -0.25) is 0 Å². The minimum absolute atomic E-state index is 0.107. The van der Waals surface area contributed by atoms with E-state index in [1.165, 1.54) is 0 Å². The van der Waals surface area contributed by atoms with Gasteiger partial charge in [-0.05, 0) is 65.6 Å². The number of aryl methyl sites for hydroxylation is 1. The average Bonchev–Trinajstić information content (AvgIpc) is 2.85. The number of unbranched alkanes of at least 4 members (excludes halogenated alkanes) is 2. The molecule has 0 amide bonds. The summed E-state index contributed by atoms with van der Waals surface area (Å²) in [7, 11) is 0. The molecule has 0 aromatic heterocycles. The van der Waals surface area contributed by atoms with Crippen LogP contribution in [0.1, 0.15) is 49.8 Å². The van der Waals surface area contributed by atoms with E-state index in [0.717, 1.165) is 59.1 Å². The van der Waals surface area contributed by atoms with Gasteiger partial charge in [0.25, 0.3) is 0 Å². The highest BCUT2D eigenvalue weighted by molar-refractivity contribution is 5.87. The van der Waals surface area contributed by atoms with E-state index in [9.17, 15) is 9.90 Å². The van der Waals surface area contributed by atoms with E-state index in [4.69, 9.17) is 4.74 Å². The smallest absolute Gasteiger partial charge is 0.333 e. The van der Waals surface area contributed by atoms with Crippen molar-refractivity contribution >= 4 is 5.97 Å². The zero-order valence-corrected chi connectivity index (χ0v) is 20.8. The highest BCUT2D eigenvalue weighted by atomic mass is 19.1.